The summed E-state index contributed by atoms with van der Waals surface area (Å²) in [4.78, 5) is 52.2. The summed E-state index contributed by atoms with van der Waals surface area (Å²) in [5.74, 6) is 1.14. The van der Waals surface area contributed by atoms with Crippen molar-refractivity contribution in [2.24, 2.45) is 0 Å². The fourth-order valence-corrected chi connectivity index (χ4v) is 9.81. The first kappa shape index (κ1) is 47.3. The van der Waals surface area contributed by atoms with Gasteiger partial charge in [-0.15, -0.1) is 0 Å². The van der Waals surface area contributed by atoms with E-state index in [1.165, 1.54) is 0 Å². The number of hydrogen-bond acceptors (Lipinski definition) is 15. The lowest BCUT2D eigenvalue weighted by Crippen LogP contribution is -2.52. The van der Waals surface area contributed by atoms with Crippen LogP contribution in [0.1, 0.15) is 74.4 Å². The number of piperazine rings is 2. The Labute approximate surface area is 416 Å². The normalized spacial score (nSPS) is 16.5. The number of anilines is 2. The number of fused-ring (bicyclic) bond motifs is 2. The predicted octanol–water partition coefficient (Wildman–Crippen LogP) is 6.88. The molecular weight excluding hydrogens is 928 g/mol. The lowest BCUT2D eigenvalue weighted by Gasteiger charge is -2.41. The van der Waals surface area contributed by atoms with Crippen molar-refractivity contribution in [2.45, 2.75) is 65.0 Å². The fourth-order valence-electron chi connectivity index (χ4n) is 9.48. The van der Waals surface area contributed by atoms with Crippen LogP contribution in [0.25, 0.3) is 33.7 Å². The lowest BCUT2D eigenvalue weighted by atomic mass is 9.95. The van der Waals surface area contributed by atoms with Gasteiger partial charge in [0.05, 0.1) is 35.4 Å². The largest absolute Gasteiger partial charge is 0.364 e. The molecule has 19 nitrogen and oxygen atoms in total. The standard InChI is InChI=1S/C49H58Cl2N18O/c1-31(2)66-29-54-39-44(56-48(50)58-46(39)66)52-27-33-11-7-9-13-37(33)68-17-15-35(60-68)41(64-23-19-62(5)20-24-64)43(70)42(65-25-21-63(6)22-26-65)36-16-18-69(61-36)38-14-10-8-12-34(38)28-53-45-40-47(59-49(51)57-45)67(30-55-40)32(3)4/h7-18,29-32,41-42H,19-28H2,1-6H3,(H,52,56,58)(H,53,57,59). The van der Waals surface area contributed by atoms with Crippen LogP contribution in [0.4, 0.5) is 11.6 Å². The summed E-state index contributed by atoms with van der Waals surface area (Å²) in [6, 6.07) is 19.2. The van der Waals surface area contributed by atoms with Gasteiger partial charge in [-0.3, -0.25) is 14.6 Å². The number of imidazole rings is 2. The van der Waals surface area contributed by atoms with Crippen LogP contribution in [0.2, 0.25) is 10.6 Å². The van der Waals surface area contributed by atoms with Crippen molar-refractivity contribution in [1.29, 1.82) is 0 Å². The average molecular weight is 986 g/mol. The Hall–Kier alpha value is -6.35. The van der Waals surface area contributed by atoms with Crippen LogP contribution in [0.5, 0.6) is 0 Å². The Balaban J connectivity index is 0.956. The summed E-state index contributed by atoms with van der Waals surface area (Å²) in [6.07, 6.45) is 7.44. The summed E-state index contributed by atoms with van der Waals surface area (Å²) < 4.78 is 7.70. The number of carbonyl (C=O) groups is 1. The molecule has 2 aliphatic rings. The molecule has 2 aliphatic heterocycles. The molecule has 0 radical (unpaired) electrons. The molecule has 2 N–H and O–H groups in total. The van der Waals surface area contributed by atoms with Crippen molar-refractivity contribution in [3.63, 3.8) is 0 Å². The second-order valence-corrected chi connectivity index (χ2v) is 19.4. The Morgan fingerprint density at radius 3 is 1.37 bits per heavy atom. The SMILES string of the molecule is CC(C)n1cnc2c(NCc3ccccc3-n3ccc(C(C(=O)C(c4ccn(-c5ccccc5CNc5nc(Cl)nc6c5ncn6C(C)C)n4)N4CCN(C)CC4)N4CCN(C)CC4)n3)nc(Cl)nc21. The molecule has 0 saturated carbocycles. The smallest absolute Gasteiger partial charge is 0.226 e. The molecule has 6 aromatic heterocycles. The molecule has 10 rings (SSSR count). The minimum Gasteiger partial charge on any atom is -0.364 e. The van der Waals surface area contributed by atoms with E-state index in [2.05, 4.69) is 114 Å². The van der Waals surface area contributed by atoms with Crippen LogP contribution < -0.4 is 10.6 Å². The Morgan fingerprint density at radius 1 is 0.571 bits per heavy atom. The fraction of sp³-hybridized carbons (Fsp3) is 0.408. The molecule has 0 spiro atoms. The van der Waals surface area contributed by atoms with Crippen molar-refractivity contribution in [1.82, 2.24) is 78.2 Å². The highest BCUT2D eigenvalue weighted by atomic mass is 35.5. The van der Waals surface area contributed by atoms with E-state index < -0.39 is 12.1 Å². The molecule has 8 aromatic rings. The third kappa shape index (κ3) is 9.61. The number of aromatic nitrogens is 12. The van der Waals surface area contributed by atoms with Gasteiger partial charge in [-0.1, -0.05) is 36.4 Å². The number of likely N-dealkylation sites (N-methyl/N-ethyl adjacent to an activating group) is 2. The van der Waals surface area contributed by atoms with Gasteiger partial charge in [0.25, 0.3) is 0 Å². The number of para-hydroxylation sites is 2. The number of nitrogens with zero attached hydrogens (tertiary/aromatic N) is 16. The molecule has 2 unspecified atom stereocenters. The summed E-state index contributed by atoms with van der Waals surface area (Å²) >= 11 is 12.9. The number of ketones is 1. The molecule has 0 amide bonds. The molecular formula is C49H58Cl2N18O. The van der Waals surface area contributed by atoms with Gasteiger partial charge in [-0.05, 0) is 100 Å². The van der Waals surface area contributed by atoms with E-state index in [0.29, 0.717) is 84.6 Å². The second kappa shape index (κ2) is 20.2. The summed E-state index contributed by atoms with van der Waals surface area (Å²) in [5, 5.41) is 17.7. The number of carbonyl (C=O) groups excluding carboxylic acids is 1. The molecule has 70 heavy (non-hydrogen) atoms. The number of halogens is 2. The van der Waals surface area contributed by atoms with Gasteiger partial charge in [-0.25, -0.2) is 19.3 Å². The zero-order chi connectivity index (χ0) is 48.6. The molecule has 2 fully saturated rings. The summed E-state index contributed by atoms with van der Waals surface area (Å²) in [5.41, 5.74) is 7.69. The minimum atomic E-state index is -0.630. The van der Waals surface area contributed by atoms with Crippen molar-refractivity contribution in [3.8, 4) is 11.4 Å². The van der Waals surface area contributed by atoms with E-state index in [0.717, 1.165) is 48.7 Å². The topological polar surface area (TPSA) is 177 Å². The van der Waals surface area contributed by atoms with Crippen LogP contribution in [0.15, 0.2) is 85.7 Å². The molecule has 364 valence electrons. The molecule has 8 heterocycles. The zero-order valence-electron chi connectivity index (χ0n) is 40.3. The van der Waals surface area contributed by atoms with Crippen LogP contribution in [-0.4, -0.2) is 150 Å². The second-order valence-electron chi connectivity index (χ2n) is 18.7. The van der Waals surface area contributed by atoms with Gasteiger partial charge in [0, 0.05) is 89.9 Å². The third-order valence-corrected chi connectivity index (χ3v) is 13.7. The van der Waals surface area contributed by atoms with Crippen molar-refractivity contribution in [3.05, 3.63) is 119 Å². The van der Waals surface area contributed by atoms with Crippen LogP contribution in [-0.2, 0) is 17.9 Å². The maximum absolute atomic E-state index is 15.8. The van der Waals surface area contributed by atoms with Crippen LogP contribution in [0, 0.1) is 0 Å². The zero-order valence-corrected chi connectivity index (χ0v) is 41.8. The molecule has 2 saturated heterocycles. The lowest BCUT2D eigenvalue weighted by molar-refractivity contribution is -0.132. The quantitative estimate of drug-likeness (QED) is 0.0958. The maximum atomic E-state index is 15.8. The monoisotopic (exact) mass is 984 g/mol. The Bertz CT molecular complexity index is 2920. The predicted molar refractivity (Wildman–Crippen MR) is 272 cm³/mol. The Kier molecular flexibility index (Phi) is 13.6. The number of benzene rings is 2. The van der Waals surface area contributed by atoms with E-state index in [1.54, 1.807) is 12.7 Å². The first-order chi connectivity index (χ1) is 33.9. The van der Waals surface area contributed by atoms with Gasteiger partial charge >= 0.3 is 0 Å². The van der Waals surface area contributed by atoms with E-state index >= 15 is 4.79 Å². The number of rotatable bonds is 16. The molecule has 0 bridgehead atoms. The van der Waals surface area contributed by atoms with Gasteiger partial charge in [0.1, 0.15) is 12.1 Å². The highest BCUT2D eigenvalue weighted by Crippen LogP contribution is 2.34. The summed E-state index contributed by atoms with van der Waals surface area (Å²) in [7, 11) is 4.25. The minimum absolute atomic E-state index is 0.0468. The highest BCUT2D eigenvalue weighted by Gasteiger charge is 2.41. The van der Waals surface area contributed by atoms with Crippen molar-refractivity contribution in [2.75, 3.05) is 77.1 Å². The number of nitrogens with one attached hydrogen (secondary N) is 2. The van der Waals surface area contributed by atoms with E-state index in [-0.39, 0.29) is 28.4 Å². The first-order valence-corrected chi connectivity index (χ1v) is 24.6. The van der Waals surface area contributed by atoms with Crippen LogP contribution >= 0.6 is 23.2 Å². The first-order valence-electron chi connectivity index (χ1n) is 23.8. The van der Waals surface area contributed by atoms with Crippen molar-refractivity contribution < 1.29 is 4.79 Å². The van der Waals surface area contributed by atoms with Crippen molar-refractivity contribution >= 4 is 62.9 Å². The van der Waals surface area contributed by atoms with Crippen LogP contribution in [0.3, 0.4) is 0 Å². The van der Waals surface area contributed by atoms with E-state index in [1.807, 2.05) is 79.4 Å². The van der Waals surface area contributed by atoms with Gasteiger partial charge in [-0.2, -0.15) is 30.1 Å². The molecule has 0 aliphatic carbocycles. The number of Topliss-reactive ketones (excluding diaryl/α,β-unsaturated/α-hetero) is 1. The van der Waals surface area contributed by atoms with E-state index in [9.17, 15) is 0 Å². The molecule has 21 heteroatoms. The van der Waals surface area contributed by atoms with Gasteiger partial charge < -0.3 is 29.6 Å². The molecule has 2 atom stereocenters. The number of hydrogen-bond donors (Lipinski definition) is 2. The van der Waals surface area contributed by atoms with Gasteiger partial charge in [0.15, 0.2) is 39.7 Å². The van der Waals surface area contributed by atoms with Gasteiger partial charge in [0.2, 0.25) is 10.6 Å². The average Bonchev–Trinajstić information content (AvgIpc) is 4.19. The highest BCUT2D eigenvalue weighted by molar-refractivity contribution is 6.29. The summed E-state index contributed by atoms with van der Waals surface area (Å²) in [6.45, 7) is 15.3. The van der Waals surface area contributed by atoms with E-state index in [4.69, 9.17) is 33.4 Å². The molecule has 2 aromatic carbocycles. The third-order valence-electron chi connectivity index (χ3n) is 13.4. The Morgan fingerprint density at radius 2 is 0.971 bits per heavy atom. The maximum Gasteiger partial charge on any atom is 0.226 e.